The Balaban J connectivity index is 2.14. The lowest BCUT2D eigenvalue weighted by Gasteiger charge is -2.13. The van der Waals surface area contributed by atoms with E-state index in [1.807, 2.05) is 5.32 Å². The number of alkyl halides is 3. The number of hydrogen-bond donors (Lipinski definition) is 2. The van der Waals surface area contributed by atoms with Crippen molar-refractivity contribution >= 4 is 29.0 Å². The van der Waals surface area contributed by atoms with Crippen LogP contribution in [0.4, 0.5) is 24.5 Å². The van der Waals surface area contributed by atoms with Gasteiger partial charge in [0.2, 0.25) is 5.91 Å². The van der Waals surface area contributed by atoms with Crippen molar-refractivity contribution in [3.63, 3.8) is 0 Å². The number of carbonyl (C=O) groups is 1. The van der Waals surface area contributed by atoms with E-state index in [1.165, 1.54) is 6.20 Å². The van der Waals surface area contributed by atoms with Gasteiger partial charge in [0.15, 0.2) is 5.16 Å². The summed E-state index contributed by atoms with van der Waals surface area (Å²) in [6.07, 6.45) is -3.66. The lowest BCUT2D eigenvalue weighted by Crippen LogP contribution is -2.18. The number of thioether (sulfide) groups is 1. The number of non-ortho nitro benzene ring substituents is 1. The van der Waals surface area contributed by atoms with Crippen LogP contribution in [0.3, 0.4) is 0 Å². The molecule has 0 saturated carbocycles. The minimum atomic E-state index is -4.88. The Morgan fingerprint density at radius 2 is 2.08 bits per heavy atom. The molecule has 2 N–H and O–H groups in total. The normalized spacial score (nSPS) is 11.2. The molecule has 25 heavy (non-hydrogen) atoms. The number of H-pyrrole nitrogens is 1. The van der Waals surface area contributed by atoms with Crippen molar-refractivity contribution in [2.75, 3.05) is 11.1 Å². The molecule has 0 aliphatic heterocycles. The SMILES string of the molecule is O=C(CSc1nccc(=O)[nH]1)Nc1ccc([N+](=O)[O-])cc1C(F)(F)F. The summed E-state index contributed by atoms with van der Waals surface area (Å²) < 4.78 is 39.0. The van der Waals surface area contributed by atoms with E-state index in [0.717, 1.165) is 30.0 Å². The minimum absolute atomic E-state index is 0.127. The Bertz CT molecular complexity index is 869. The Morgan fingerprint density at radius 3 is 2.68 bits per heavy atom. The molecule has 12 heteroatoms. The highest BCUT2D eigenvalue weighted by molar-refractivity contribution is 7.99. The maximum absolute atomic E-state index is 13.0. The van der Waals surface area contributed by atoms with Crippen LogP contribution in [0.1, 0.15) is 5.56 Å². The molecule has 0 radical (unpaired) electrons. The molecule has 0 unspecified atom stereocenters. The van der Waals surface area contributed by atoms with E-state index >= 15 is 0 Å². The van der Waals surface area contributed by atoms with E-state index in [9.17, 15) is 32.9 Å². The molecule has 0 bridgehead atoms. The molecule has 0 saturated heterocycles. The molecule has 0 atom stereocenters. The number of carbonyl (C=O) groups excluding carboxylic acids is 1. The first-order chi connectivity index (χ1) is 11.7. The third-order valence-corrected chi connectivity index (χ3v) is 3.67. The van der Waals surface area contributed by atoms with Gasteiger partial charge in [-0.1, -0.05) is 11.8 Å². The number of nitrogens with zero attached hydrogens (tertiary/aromatic N) is 2. The maximum Gasteiger partial charge on any atom is 0.418 e. The first-order valence-corrected chi connectivity index (χ1v) is 7.49. The van der Waals surface area contributed by atoms with E-state index < -0.39 is 39.5 Å². The van der Waals surface area contributed by atoms with Crippen LogP contribution >= 0.6 is 11.8 Å². The van der Waals surface area contributed by atoms with Crippen LogP contribution in [-0.2, 0) is 11.0 Å². The van der Waals surface area contributed by atoms with Crippen LogP contribution in [-0.4, -0.2) is 26.6 Å². The van der Waals surface area contributed by atoms with Gasteiger partial charge in [0.1, 0.15) is 0 Å². The number of nitro benzene ring substituents is 1. The zero-order chi connectivity index (χ0) is 18.6. The Hall–Kier alpha value is -2.89. The van der Waals surface area contributed by atoms with Gasteiger partial charge in [0.25, 0.3) is 11.2 Å². The fraction of sp³-hybridized carbons (Fsp3) is 0.154. The second-order valence-electron chi connectivity index (χ2n) is 4.56. The van der Waals surface area contributed by atoms with Crippen molar-refractivity contribution in [1.82, 2.24) is 9.97 Å². The molecule has 1 aromatic heterocycles. The van der Waals surface area contributed by atoms with Crippen LogP contribution < -0.4 is 10.9 Å². The Labute approximate surface area is 141 Å². The molecule has 1 amide bonds. The first-order valence-electron chi connectivity index (χ1n) is 6.50. The van der Waals surface area contributed by atoms with Crippen molar-refractivity contribution < 1.29 is 22.9 Å². The van der Waals surface area contributed by atoms with Crippen molar-refractivity contribution in [2.45, 2.75) is 11.3 Å². The number of anilines is 1. The number of aromatic nitrogens is 2. The number of hydrogen-bond acceptors (Lipinski definition) is 6. The van der Waals surface area contributed by atoms with Crippen molar-refractivity contribution in [2.24, 2.45) is 0 Å². The van der Waals surface area contributed by atoms with E-state index in [1.54, 1.807) is 0 Å². The number of nitrogens with one attached hydrogen (secondary N) is 2. The van der Waals surface area contributed by atoms with Gasteiger partial charge in [0, 0.05) is 24.4 Å². The standard InChI is InChI=1S/C13H9F3N4O4S/c14-13(15,16)8-5-7(20(23)24)1-2-9(8)18-11(22)6-25-12-17-4-3-10(21)19-12/h1-5H,6H2,(H,18,22)(H,17,19,21). The molecule has 1 aromatic carbocycles. The minimum Gasteiger partial charge on any atom is -0.325 e. The Kier molecular flexibility index (Phi) is 5.41. The molecule has 2 aromatic rings. The Morgan fingerprint density at radius 1 is 1.36 bits per heavy atom. The molecule has 0 aliphatic carbocycles. The maximum atomic E-state index is 13.0. The van der Waals surface area contributed by atoms with Crippen molar-refractivity contribution in [3.05, 3.63) is 56.5 Å². The van der Waals surface area contributed by atoms with Gasteiger partial charge in [0.05, 0.1) is 21.9 Å². The van der Waals surface area contributed by atoms with E-state index in [-0.39, 0.29) is 10.9 Å². The lowest BCUT2D eigenvalue weighted by molar-refractivity contribution is -0.385. The molecule has 132 valence electrons. The lowest BCUT2D eigenvalue weighted by atomic mass is 10.1. The van der Waals surface area contributed by atoms with Crippen LogP contribution in [0.2, 0.25) is 0 Å². The van der Waals surface area contributed by atoms with Gasteiger partial charge in [-0.2, -0.15) is 13.2 Å². The summed E-state index contributed by atoms with van der Waals surface area (Å²) in [7, 11) is 0. The molecule has 2 rings (SSSR count). The molecular formula is C13H9F3N4O4S. The molecule has 0 spiro atoms. The zero-order valence-corrected chi connectivity index (χ0v) is 13.0. The zero-order valence-electron chi connectivity index (χ0n) is 12.2. The van der Waals surface area contributed by atoms with Crippen LogP contribution in [0.5, 0.6) is 0 Å². The molecule has 8 nitrogen and oxygen atoms in total. The van der Waals surface area contributed by atoms with Gasteiger partial charge in [-0.25, -0.2) is 4.98 Å². The fourth-order valence-corrected chi connectivity index (χ4v) is 2.38. The third kappa shape index (κ3) is 5.04. The quantitative estimate of drug-likeness (QED) is 0.359. The number of aromatic amines is 1. The highest BCUT2D eigenvalue weighted by Crippen LogP contribution is 2.37. The average molecular weight is 374 g/mol. The number of benzene rings is 1. The fourth-order valence-electron chi connectivity index (χ4n) is 1.73. The molecule has 0 aliphatic rings. The van der Waals surface area contributed by atoms with Crippen LogP contribution in [0.25, 0.3) is 0 Å². The van der Waals surface area contributed by atoms with Gasteiger partial charge in [-0.15, -0.1) is 0 Å². The predicted octanol–water partition coefficient (Wildman–Crippen LogP) is 2.43. The first kappa shape index (κ1) is 18.4. The summed E-state index contributed by atoms with van der Waals surface area (Å²) in [6, 6.07) is 3.18. The third-order valence-electron chi connectivity index (χ3n) is 2.78. The van der Waals surface area contributed by atoms with Crippen LogP contribution in [0, 0.1) is 10.1 Å². The summed E-state index contributed by atoms with van der Waals surface area (Å²) in [4.78, 5) is 38.7. The summed E-state index contributed by atoms with van der Waals surface area (Å²) in [5.41, 5.74) is -3.11. The molecular weight excluding hydrogens is 365 g/mol. The van der Waals surface area contributed by atoms with E-state index in [0.29, 0.717) is 6.07 Å². The highest BCUT2D eigenvalue weighted by atomic mass is 32.2. The second-order valence-corrected chi connectivity index (χ2v) is 5.52. The van der Waals surface area contributed by atoms with E-state index in [2.05, 4.69) is 9.97 Å². The average Bonchev–Trinajstić information content (AvgIpc) is 2.52. The van der Waals surface area contributed by atoms with Crippen molar-refractivity contribution in [3.8, 4) is 0 Å². The van der Waals surface area contributed by atoms with Gasteiger partial charge in [-0.3, -0.25) is 19.7 Å². The summed E-state index contributed by atoms with van der Waals surface area (Å²) >= 11 is 0.815. The molecule has 0 fully saturated rings. The highest BCUT2D eigenvalue weighted by Gasteiger charge is 2.35. The summed E-state index contributed by atoms with van der Waals surface area (Å²) in [5, 5.41) is 12.8. The monoisotopic (exact) mass is 374 g/mol. The van der Waals surface area contributed by atoms with E-state index in [4.69, 9.17) is 0 Å². The smallest absolute Gasteiger partial charge is 0.325 e. The second kappa shape index (κ2) is 7.34. The predicted molar refractivity (Wildman–Crippen MR) is 82.3 cm³/mol. The number of rotatable bonds is 5. The summed E-state index contributed by atoms with van der Waals surface area (Å²) in [6.45, 7) is 0. The topological polar surface area (TPSA) is 118 Å². The van der Waals surface area contributed by atoms with Gasteiger partial charge < -0.3 is 10.3 Å². The number of amides is 1. The van der Waals surface area contributed by atoms with Gasteiger partial charge in [-0.05, 0) is 6.07 Å². The summed E-state index contributed by atoms with van der Waals surface area (Å²) in [5.74, 6) is -1.11. The largest absolute Gasteiger partial charge is 0.418 e. The number of nitro groups is 1. The molecule has 1 heterocycles. The van der Waals surface area contributed by atoms with Crippen LogP contribution in [0.15, 0.2) is 40.4 Å². The van der Waals surface area contributed by atoms with Crippen molar-refractivity contribution in [1.29, 1.82) is 0 Å². The van der Waals surface area contributed by atoms with Gasteiger partial charge >= 0.3 is 6.18 Å². The number of halogens is 3.